The van der Waals surface area contributed by atoms with Crippen molar-refractivity contribution in [3.05, 3.63) is 42.1 Å². The first-order chi connectivity index (χ1) is 8.72. The van der Waals surface area contributed by atoms with Gasteiger partial charge in [0.15, 0.2) is 11.6 Å². The Morgan fingerprint density at radius 3 is 2.83 bits per heavy atom. The molecule has 0 radical (unpaired) electrons. The van der Waals surface area contributed by atoms with Gasteiger partial charge in [-0.05, 0) is 12.1 Å². The fourth-order valence-electron chi connectivity index (χ4n) is 1.38. The first-order valence-corrected chi connectivity index (χ1v) is 5.05. The van der Waals surface area contributed by atoms with Gasteiger partial charge in [0.1, 0.15) is 23.9 Å². The van der Waals surface area contributed by atoms with E-state index in [0.29, 0.717) is 11.5 Å². The van der Waals surface area contributed by atoms with E-state index >= 15 is 0 Å². The number of hydrogen-bond donors (Lipinski definition) is 1. The summed E-state index contributed by atoms with van der Waals surface area (Å²) in [7, 11) is 1.40. The van der Waals surface area contributed by atoms with Gasteiger partial charge >= 0.3 is 0 Å². The SMILES string of the molecule is COc1ccc(Nc2cc(C#N)ncn2)cc1F. The molecule has 90 valence electrons. The molecule has 1 heterocycles. The highest BCUT2D eigenvalue weighted by Crippen LogP contribution is 2.22. The number of aromatic nitrogens is 2. The molecular formula is C12H9FN4O. The number of benzene rings is 1. The van der Waals surface area contributed by atoms with E-state index in [4.69, 9.17) is 10.00 Å². The van der Waals surface area contributed by atoms with Gasteiger partial charge in [0, 0.05) is 17.8 Å². The Morgan fingerprint density at radius 2 is 2.17 bits per heavy atom. The van der Waals surface area contributed by atoms with Gasteiger partial charge in [0.05, 0.1) is 7.11 Å². The Labute approximate surface area is 103 Å². The maximum absolute atomic E-state index is 13.4. The van der Waals surface area contributed by atoms with E-state index in [1.807, 2.05) is 6.07 Å². The van der Waals surface area contributed by atoms with E-state index in [1.54, 1.807) is 6.07 Å². The van der Waals surface area contributed by atoms with Crippen LogP contribution in [0.2, 0.25) is 0 Å². The summed E-state index contributed by atoms with van der Waals surface area (Å²) in [6.07, 6.45) is 1.26. The van der Waals surface area contributed by atoms with Crippen LogP contribution in [0, 0.1) is 17.1 Å². The molecule has 2 rings (SSSR count). The van der Waals surface area contributed by atoms with Crippen LogP contribution in [0.4, 0.5) is 15.9 Å². The number of nitrogens with one attached hydrogen (secondary N) is 1. The van der Waals surface area contributed by atoms with Crippen LogP contribution in [-0.4, -0.2) is 17.1 Å². The Hall–Kier alpha value is -2.68. The molecule has 18 heavy (non-hydrogen) atoms. The van der Waals surface area contributed by atoms with Crippen LogP contribution in [0.25, 0.3) is 0 Å². The van der Waals surface area contributed by atoms with Crippen LogP contribution in [0.1, 0.15) is 5.69 Å². The summed E-state index contributed by atoms with van der Waals surface area (Å²) in [6.45, 7) is 0. The minimum atomic E-state index is -0.475. The molecule has 2 aromatic rings. The van der Waals surface area contributed by atoms with Crippen molar-refractivity contribution in [2.24, 2.45) is 0 Å². The number of anilines is 2. The molecule has 0 aliphatic rings. The summed E-state index contributed by atoms with van der Waals surface area (Å²) in [5, 5.41) is 11.6. The zero-order valence-corrected chi connectivity index (χ0v) is 9.51. The van der Waals surface area contributed by atoms with Gasteiger partial charge in [-0.25, -0.2) is 14.4 Å². The number of ether oxygens (including phenoxy) is 1. The number of methoxy groups -OCH3 is 1. The predicted molar refractivity (Wildman–Crippen MR) is 63.0 cm³/mol. The summed E-state index contributed by atoms with van der Waals surface area (Å²) < 4.78 is 18.3. The standard InChI is InChI=1S/C12H9FN4O/c1-18-11-3-2-8(4-10(11)13)17-12-5-9(6-14)15-7-16-12/h2-5,7H,1H3,(H,15,16,17). The van der Waals surface area contributed by atoms with Crippen molar-refractivity contribution in [1.29, 1.82) is 5.26 Å². The molecule has 1 N–H and O–H groups in total. The van der Waals surface area contributed by atoms with Crippen LogP contribution in [0.5, 0.6) is 5.75 Å². The zero-order valence-electron chi connectivity index (χ0n) is 9.51. The average molecular weight is 244 g/mol. The number of nitriles is 1. The van der Waals surface area contributed by atoms with Crippen LogP contribution in [0.3, 0.4) is 0 Å². The molecule has 0 amide bonds. The van der Waals surface area contributed by atoms with Crippen molar-refractivity contribution in [3.63, 3.8) is 0 Å². The Balaban J connectivity index is 2.23. The van der Waals surface area contributed by atoms with Gasteiger partial charge in [-0.2, -0.15) is 5.26 Å². The summed E-state index contributed by atoms with van der Waals surface area (Å²) in [5.74, 6) is 0.115. The maximum Gasteiger partial charge on any atom is 0.167 e. The number of hydrogen-bond acceptors (Lipinski definition) is 5. The first kappa shape index (κ1) is 11.8. The maximum atomic E-state index is 13.4. The highest BCUT2D eigenvalue weighted by atomic mass is 19.1. The molecule has 0 atom stereocenters. The Morgan fingerprint density at radius 1 is 1.33 bits per heavy atom. The second-order valence-electron chi connectivity index (χ2n) is 3.37. The minimum absolute atomic E-state index is 0.168. The van der Waals surface area contributed by atoms with Crippen molar-refractivity contribution in [1.82, 2.24) is 9.97 Å². The largest absolute Gasteiger partial charge is 0.494 e. The smallest absolute Gasteiger partial charge is 0.167 e. The monoisotopic (exact) mass is 244 g/mol. The minimum Gasteiger partial charge on any atom is -0.494 e. The summed E-state index contributed by atoms with van der Waals surface area (Å²) >= 11 is 0. The third-order valence-corrected chi connectivity index (χ3v) is 2.21. The topological polar surface area (TPSA) is 70.8 Å². The molecule has 1 aromatic carbocycles. The number of halogens is 1. The van der Waals surface area contributed by atoms with E-state index in [-0.39, 0.29) is 11.4 Å². The molecule has 5 nitrogen and oxygen atoms in total. The van der Waals surface area contributed by atoms with Gasteiger partial charge in [0.2, 0.25) is 0 Å². The van der Waals surface area contributed by atoms with Crippen LogP contribution in [-0.2, 0) is 0 Å². The van der Waals surface area contributed by atoms with Crippen LogP contribution >= 0.6 is 0 Å². The third kappa shape index (κ3) is 2.52. The van der Waals surface area contributed by atoms with E-state index in [9.17, 15) is 4.39 Å². The molecule has 0 bridgehead atoms. The molecule has 0 saturated heterocycles. The highest BCUT2D eigenvalue weighted by molar-refractivity contribution is 5.58. The van der Waals surface area contributed by atoms with E-state index in [0.717, 1.165) is 0 Å². The zero-order chi connectivity index (χ0) is 13.0. The lowest BCUT2D eigenvalue weighted by molar-refractivity contribution is 0.386. The van der Waals surface area contributed by atoms with Crippen molar-refractivity contribution < 1.29 is 9.13 Å². The normalized spacial score (nSPS) is 9.61. The summed E-state index contributed by atoms with van der Waals surface area (Å²) in [5.41, 5.74) is 0.748. The number of nitrogens with zero attached hydrogens (tertiary/aromatic N) is 3. The average Bonchev–Trinajstić information content (AvgIpc) is 2.39. The van der Waals surface area contributed by atoms with Crippen molar-refractivity contribution in [2.75, 3.05) is 12.4 Å². The van der Waals surface area contributed by atoms with Gasteiger partial charge < -0.3 is 10.1 Å². The molecule has 0 unspecified atom stereocenters. The van der Waals surface area contributed by atoms with Crippen molar-refractivity contribution >= 4 is 11.5 Å². The Bertz CT molecular complexity index is 609. The van der Waals surface area contributed by atoms with Crippen LogP contribution < -0.4 is 10.1 Å². The lowest BCUT2D eigenvalue weighted by atomic mass is 10.3. The number of rotatable bonds is 3. The Kier molecular flexibility index (Phi) is 3.34. The lowest BCUT2D eigenvalue weighted by Crippen LogP contribution is -1.97. The van der Waals surface area contributed by atoms with Gasteiger partial charge in [-0.15, -0.1) is 0 Å². The predicted octanol–water partition coefficient (Wildman–Crippen LogP) is 2.24. The summed E-state index contributed by atoms with van der Waals surface area (Å²) in [4.78, 5) is 7.67. The molecule has 0 fully saturated rings. The molecule has 0 aliphatic heterocycles. The fourth-order valence-corrected chi connectivity index (χ4v) is 1.38. The van der Waals surface area contributed by atoms with Crippen molar-refractivity contribution in [2.45, 2.75) is 0 Å². The highest BCUT2D eigenvalue weighted by Gasteiger charge is 2.04. The van der Waals surface area contributed by atoms with E-state index in [1.165, 1.54) is 31.6 Å². The molecule has 0 spiro atoms. The molecule has 1 aromatic heterocycles. The lowest BCUT2D eigenvalue weighted by Gasteiger charge is -2.07. The molecule has 6 heteroatoms. The van der Waals surface area contributed by atoms with Crippen molar-refractivity contribution in [3.8, 4) is 11.8 Å². The third-order valence-electron chi connectivity index (χ3n) is 2.21. The quantitative estimate of drug-likeness (QED) is 0.896. The van der Waals surface area contributed by atoms with Gasteiger partial charge in [-0.1, -0.05) is 0 Å². The summed E-state index contributed by atoms with van der Waals surface area (Å²) in [6, 6.07) is 7.81. The second kappa shape index (κ2) is 5.10. The molecular weight excluding hydrogens is 235 g/mol. The molecule has 0 aliphatic carbocycles. The van der Waals surface area contributed by atoms with E-state index < -0.39 is 5.82 Å². The first-order valence-electron chi connectivity index (χ1n) is 5.05. The van der Waals surface area contributed by atoms with E-state index in [2.05, 4.69) is 15.3 Å². The molecule has 0 saturated carbocycles. The van der Waals surface area contributed by atoms with Gasteiger partial charge in [-0.3, -0.25) is 0 Å². The fraction of sp³-hybridized carbons (Fsp3) is 0.0833. The second-order valence-corrected chi connectivity index (χ2v) is 3.37. The van der Waals surface area contributed by atoms with Crippen LogP contribution in [0.15, 0.2) is 30.6 Å². The van der Waals surface area contributed by atoms with Gasteiger partial charge in [0.25, 0.3) is 0 Å².